The quantitative estimate of drug-likeness (QED) is 0.592. The maximum Gasteiger partial charge on any atom is 0.239 e. The standard InChI is InChI=1S/C14H21FN4O3S/c1-23(21,22)18-7-6-17-14(20)13-10-19(9-8-16-13)12-4-2-11(15)3-5-12/h2-5,13,16,18H,6-10H2,1H3,(H,17,20)/t13-/m1/s1. The van der Waals surface area contributed by atoms with E-state index in [0.29, 0.717) is 13.1 Å². The molecule has 2 rings (SSSR count). The Labute approximate surface area is 135 Å². The summed E-state index contributed by atoms with van der Waals surface area (Å²) in [6.07, 6.45) is 1.07. The first kappa shape index (κ1) is 17.6. The highest BCUT2D eigenvalue weighted by Crippen LogP contribution is 2.16. The number of halogens is 1. The molecule has 0 unspecified atom stereocenters. The van der Waals surface area contributed by atoms with Crippen molar-refractivity contribution in [2.24, 2.45) is 0 Å². The summed E-state index contributed by atoms with van der Waals surface area (Å²) in [4.78, 5) is 14.1. The zero-order valence-corrected chi connectivity index (χ0v) is 13.7. The van der Waals surface area contributed by atoms with E-state index in [1.807, 2.05) is 4.90 Å². The van der Waals surface area contributed by atoms with Gasteiger partial charge in [0.1, 0.15) is 11.9 Å². The summed E-state index contributed by atoms with van der Waals surface area (Å²) >= 11 is 0. The van der Waals surface area contributed by atoms with Crippen LogP contribution in [0.2, 0.25) is 0 Å². The summed E-state index contributed by atoms with van der Waals surface area (Å²) in [6.45, 7) is 2.21. The van der Waals surface area contributed by atoms with Gasteiger partial charge in [0.15, 0.2) is 0 Å². The van der Waals surface area contributed by atoms with Crippen LogP contribution in [0.4, 0.5) is 10.1 Å². The number of piperazine rings is 1. The second kappa shape index (κ2) is 7.71. The molecule has 1 heterocycles. The number of hydrogen-bond donors (Lipinski definition) is 3. The first-order valence-electron chi connectivity index (χ1n) is 7.31. The molecule has 1 aliphatic heterocycles. The number of rotatable bonds is 6. The Morgan fingerprint density at radius 1 is 1.35 bits per heavy atom. The number of hydrogen-bond acceptors (Lipinski definition) is 5. The number of anilines is 1. The van der Waals surface area contributed by atoms with Crippen LogP contribution < -0.4 is 20.3 Å². The number of sulfonamides is 1. The monoisotopic (exact) mass is 344 g/mol. The first-order valence-corrected chi connectivity index (χ1v) is 9.20. The van der Waals surface area contributed by atoms with E-state index in [2.05, 4.69) is 15.4 Å². The molecule has 9 heteroatoms. The van der Waals surface area contributed by atoms with Crippen LogP contribution in [0.25, 0.3) is 0 Å². The molecule has 0 bridgehead atoms. The van der Waals surface area contributed by atoms with Crippen molar-refractivity contribution in [3.63, 3.8) is 0 Å². The van der Waals surface area contributed by atoms with Gasteiger partial charge in [-0.15, -0.1) is 0 Å². The van der Waals surface area contributed by atoms with Crippen LogP contribution in [0.15, 0.2) is 24.3 Å². The van der Waals surface area contributed by atoms with Gasteiger partial charge in [-0.1, -0.05) is 0 Å². The van der Waals surface area contributed by atoms with E-state index in [0.717, 1.165) is 18.5 Å². The number of nitrogens with zero attached hydrogens (tertiary/aromatic N) is 1. The molecule has 0 aromatic heterocycles. The van der Waals surface area contributed by atoms with Crippen molar-refractivity contribution in [3.8, 4) is 0 Å². The second-order valence-corrected chi connectivity index (χ2v) is 7.22. The molecule has 0 radical (unpaired) electrons. The van der Waals surface area contributed by atoms with Gasteiger partial charge in [-0.25, -0.2) is 17.5 Å². The Morgan fingerprint density at radius 3 is 2.70 bits per heavy atom. The summed E-state index contributed by atoms with van der Waals surface area (Å²) in [5, 5.41) is 5.81. The zero-order valence-electron chi connectivity index (χ0n) is 12.9. The van der Waals surface area contributed by atoms with Gasteiger partial charge in [-0.2, -0.15) is 0 Å². The highest BCUT2D eigenvalue weighted by atomic mass is 32.2. The summed E-state index contributed by atoms with van der Waals surface area (Å²) < 4.78 is 37.1. The molecule has 1 aliphatic rings. The Morgan fingerprint density at radius 2 is 2.04 bits per heavy atom. The van der Waals surface area contributed by atoms with Crippen LogP contribution in [0.5, 0.6) is 0 Å². The fraction of sp³-hybridized carbons (Fsp3) is 0.500. The maximum atomic E-state index is 13.0. The molecule has 1 amide bonds. The lowest BCUT2D eigenvalue weighted by Gasteiger charge is -2.34. The Kier molecular flexibility index (Phi) is 5.91. The average molecular weight is 344 g/mol. The number of benzene rings is 1. The lowest BCUT2D eigenvalue weighted by atomic mass is 10.1. The predicted molar refractivity (Wildman–Crippen MR) is 86.3 cm³/mol. The third-order valence-electron chi connectivity index (χ3n) is 3.47. The highest BCUT2D eigenvalue weighted by molar-refractivity contribution is 7.88. The highest BCUT2D eigenvalue weighted by Gasteiger charge is 2.25. The van der Waals surface area contributed by atoms with Gasteiger partial charge in [0, 0.05) is 38.4 Å². The lowest BCUT2D eigenvalue weighted by molar-refractivity contribution is -0.123. The van der Waals surface area contributed by atoms with Gasteiger partial charge in [-0.3, -0.25) is 4.79 Å². The third-order valence-corrected chi connectivity index (χ3v) is 4.20. The van der Waals surface area contributed by atoms with E-state index in [9.17, 15) is 17.6 Å². The van der Waals surface area contributed by atoms with Crippen LogP contribution in [0.1, 0.15) is 0 Å². The second-order valence-electron chi connectivity index (χ2n) is 5.39. The zero-order chi connectivity index (χ0) is 16.9. The maximum absolute atomic E-state index is 13.0. The van der Waals surface area contributed by atoms with Crippen LogP contribution in [0.3, 0.4) is 0 Å². The van der Waals surface area contributed by atoms with Crippen molar-refractivity contribution in [1.82, 2.24) is 15.4 Å². The molecule has 0 saturated carbocycles. The lowest BCUT2D eigenvalue weighted by Crippen LogP contribution is -2.57. The van der Waals surface area contributed by atoms with Crippen molar-refractivity contribution in [2.45, 2.75) is 6.04 Å². The molecule has 128 valence electrons. The average Bonchev–Trinajstić information content (AvgIpc) is 2.51. The van der Waals surface area contributed by atoms with Gasteiger partial charge in [-0.05, 0) is 24.3 Å². The molecule has 0 aliphatic carbocycles. The van der Waals surface area contributed by atoms with Crippen LogP contribution >= 0.6 is 0 Å². The fourth-order valence-corrected chi connectivity index (χ4v) is 2.83. The molecule has 23 heavy (non-hydrogen) atoms. The van der Waals surface area contributed by atoms with Crippen molar-refractivity contribution in [2.75, 3.05) is 43.9 Å². The van der Waals surface area contributed by atoms with Crippen molar-refractivity contribution in [1.29, 1.82) is 0 Å². The van der Waals surface area contributed by atoms with E-state index in [1.54, 1.807) is 12.1 Å². The third kappa shape index (κ3) is 5.77. The van der Waals surface area contributed by atoms with Crippen LogP contribution in [-0.2, 0) is 14.8 Å². The van der Waals surface area contributed by atoms with E-state index in [-0.39, 0.29) is 24.8 Å². The minimum absolute atomic E-state index is 0.152. The fourth-order valence-electron chi connectivity index (χ4n) is 2.36. The Hall–Kier alpha value is -1.71. The Balaban J connectivity index is 1.83. The van der Waals surface area contributed by atoms with Gasteiger partial charge in [0.05, 0.1) is 6.26 Å². The summed E-state index contributed by atoms with van der Waals surface area (Å²) in [7, 11) is -3.25. The summed E-state index contributed by atoms with van der Waals surface area (Å²) in [5.74, 6) is -0.483. The minimum atomic E-state index is -3.25. The SMILES string of the molecule is CS(=O)(=O)NCCNC(=O)[C@H]1CN(c2ccc(F)cc2)CCN1. The normalized spacial score (nSPS) is 18.7. The van der Waals surface area contributed by atoms with Crippen molar-refractivity contribution in [3.05, 3.63) is 30.1 Å². The number of nitrogens with one attached hydrogen (secondary N) is 3. The molecule has 1 aromatic rings. The van der Waals surface area contributed by atoms with Crippen molar-refractivity contribution >= 4 is 21.6 Å². The van der Waals surface area contributed by atoms with E-state index in [1.165, 1.54) is 12.1 Å². The molecule has 1 saturated heterocycles. The molecule has 1 aromatic carbocycles. The number of carbonyl (C=O) groups is 1. The smallest absolute Gasteiger partial charge is 0.239 e. The molecule has 1 atom stereocenters. The topological polar surface area (TPSA) is 90.5 Å². The summed E-state index contributed by atoms with van der Waals surface area (Å²) in [5.41, 5.74) is 0.865. The summed E-state index contributed by atoms with van der Waals surface area (Å²) in [6, 6.07) is 5.76. The molecule has 3 N–H and O–H groups in total. The van der Waals surface area contributed by atoms with Gasteiger partial charge < -0.3 is 15.5 Å². The number of carbonyl (C=O) groups excluding carboxylic acids is 1. The van der Waals surface area contributed by atoms with Gasteiger partial charge in [0.25, 0.3) is 0 Å². The molecule has 0 spiro atoms. The van der Waals surface area contributed by atoms with E-state index >= 15 is 0 Å². The first-order chi connectivity index (χ1) is 10.8. The van der Waals surface area contributed by atoms with Crippen LogP contribution in [0, 0.1) is 5.82 Å². The Bertz CT molecular complexity index is 636. The van der Waals surface area contributed by atoms with Crippen LogP contribution in [-0.4, -0.2) is 59.3 Å². The van der Waals surface area contributed by atoms with E-state index in [4.69, 9.17) is 0 Å². The molecule has 1 fully saturated rings. The predicted octanol–water partition coefficient (Wildman–Crippen LogP) is -0.731. The molecular weight excluding hydrogens is 323 g/mol. The largest absolute Gasteiger partial charge is 0.368 e. The van der Waals surface area contributed by atoms with Crippen molar-refractivity contribution < 1.29 is 17.6 Å². The van der Waals surface area contributed by atoms with Gasteiger partial charge in [0.2, 0.25) is 15.9 Å². The molecular formula is C14H21FN4O3S. The number of amides is 1. The minimum Gasteiger partial charge on any atom is -0.368 e. The molecule has 7 nitrogen and oxygen atoms in total. The van der Waals surface area contributed by atoms with Gasteiger partial charge >= 0.3 is 0 Å². The van der Waals surface area contributed by atoms with E-state index < -0.39 is 16.1 Å².